The average molecular weight is 250 g/mol. The molecular weight excluding hydrogens is 228 g/mol. The summed E-state index contributed by atoms with van der Waals surface area (Å²) in [4.78, 5) is 2.41. The zero-order chi connectivity index (χ0) is 12.4. The van der Waals surface area contributed by atoms with Crippen molar-refractivity contribution in [2.45, 2.75) is 50.7 Å². The quantitative estimate of drug-likeness (QED) is 0.847. The van der Waals surface area contributed by atoms with Crippen molar-refractivity contribution < 1.29 is 0 Å². The lowest BCUT2D eigenvalue weighted by Gasteiger charge is -2.26. The molecule has 100 valence electrons. The molecule has 6 nitrogen and oxygen atoms in total. The Bertz CT molecular complexity index is 378. The molecule has 0 amide bonds. The van der Waals surface area contributed by atoms with Gasteiger partial charge in [0.25, 0.3) is 0 Å². The Kier molecular flexibility index (Phi) is 3.56. The fourth-order valence-electron chi connectivity index (χ4n) is 2.71. The highest BCUT2D eigenvalue weighted by Crippen LogP contribution is 2.34. The van der Waals surface area contributed by atoms with Crippen molar-refractivity contribution in [2.75, 3.05) is 20.1 Å². The van der Waals surface area contributed by atoms with Crippen LogP contribution in [0.2, 0.25) is 0 Å². The molecule has 1 aromatic rings. The SMILES string of the molecule is CN(Cc1nnnn1C1CC1)C1CCCNCC1. The number of nitrogens with one attached hydrogen (secondary N) is 1. The summed E-state index contributed by atoms with van der Waals surface area (Å²) in [5.74, 6) is 1.03. The van der Waals surface area contributed by atoms with E-state index in [1.54, 1.807) is 0 Å². The Morgan fingerprint density at radius 3 is 3.00 bits per heavy atom. The summed E-state index contributed by atoms with van der Waals surface area (Å²) in [5.41, 5.74) is 0. The monoisotopic (exact) mass is 250 g/mol. The lowest BCUT2D eigenvalue weighted by atomic mass is 10.1. The van der Waals surface area contributed by atoms with Gasteiger partial charge in [0.1, 0.15) is 0 Å². The number of rotatable bonds is 4. The van der Waals surface area contributed by atoms with Crippen molar-refractivity contribution >= 4 is 0 Å². The van der Waals surface area contributed by atoms with E-state index < -0.39 is 0 Å². The second-order valence-corrected chi connectivity index (χ2v) is 5.52. The van der Waals surface area contributed by atoms with Crippen LogP contribution in [0.15, 0.2) is 0 Å². The van der Waals surface area contributed by atoms with E-state index >= 15 is 0 Å². The fourth-order valence-corrected chi connectivity index (χ4v) is 2.71. The first-order valence-electron chi connectivity index (χ1n) is 7.02. The van der Waals surface area contributed by atoms with E-state index in [4.69, 9.17) is 0 Å². The van der Waals surface area contributed by atoms with Crippen LogP contribution in [0.25, 0.3) is 0 Å². The van der Waals surface area contributed by atoms with Crippen molar-refractivity contribution in [3.63, 3.8) is 0 Å². The van der Waals surface area contributed by atoms with Crippen LogP contribution in [0.5, 0.6) is 0 Å². The van der Waals surface area contributed by atoms with Crippen molar-refractivity contribution in [2.24, 2.45) is 0 Å². The normalized spacial score (nSPS) is 25.3. The molecule has 1 saturated heterocycles. The van der Waals surface area contributed by atoms with E-state index in [1.807, 2.05) is 4.68 Å². The number of nitrogens with zero attached hydrogens (tertiary/aromatic N) is 5. The molecule has 3 rings (SSSR count). The Labute approximate surface area is 108 Å². The van der Waals surface area contributed by atoms with Gasteiger partial charge in [-0.15, -0.1) is 5.10 Å². The number of tetrazole rings is 1. The van der Waals surface area contributed by atoms with Crippen LogP contribution in [-0.2, 0) is 6.54 Å². The highest BCUT2D eigenvalue weighted by atomic mass is 15.6. The first-order chi connectivity index (χ1) is 8.84. The third kappa shape index (κ3) is 2.70. The van der Waals surface area contributed by atoms with E-state index in [0.29, 0.717) is 12.1 Å². The molecule has 1 aromatic heterocycles. The lowest BCUT2D eigenvalue weighted by molar-refractivity contribution is 0.208. The Morgan fingerprint density at radius 2 is 2.17 bits per heavy atom. The fraction of sp³-hybridized carbons (Fsp3) is 0.917. The van der Waals surface area contributed by atoms with Crippen molar-refractivity contribution in [1.82, 2.24) is 30.4 Å². The third-order valence-corrected chi connectivity index (χ3v) is 4.01. The summed E-state index contributed by atoms with van der Waals surface area (Å²) in [5, 5.41) is 15.6. The van der Waals surface area contributed by atoms with Gasteiger partial charge in [-0.2, -0.15) is 0 Å². The standard InChI is InChI=1S/C12H22N6/c1-17(10-3-2-7-13-8-6-10)9-12-14-15-16-18(12)11-4-5-11/h10-11,13H,2-9H2,1H3. The molecule has 1 N–H and O–H groups in total. The minimum atomic E-state index is 0.569. The van der Waals surface area contributed by atoms with Crippen molar-refractivity contribution in [1.29, 1.82) is 0 Å². The molecule has 1 unspecified atom stereocenters. The maximum absolute atomic E-state index is 4.18. The molecule has 18 heavy (non-hydrogen) atoms. The summed E-state index contributed by atoms with van der Waals surface area (Å²) in [7, 11) is 2.20. The molecule has 0 aromatic carbocycles. The molecule has 2 heterocycles. The first-order valence-corrected chi connectivity index (χ1v) is 7.02. The zero-order valence-electron chi connectivity index (χ0n) is 11.0. The molecule has 2 aliphatic rings. The summed E-state index contributed by atoms with van der Waals surface area (Å²) in [6.45, 7) is 3.15. The van der Waals surface area contributed by atoms with Crippen molar-refractivity contribution in [3.05, 3.63) is 5.82 Å². The molecule has 1 aliphatic carbocycles. The average Bonchev–Trinajstić information content (AvgIpc) is 3.16. The van der Waals surface area contributed by atoms with Crippen LogP contribution in [0.1, 0.15) is 44.0 Å². The molecule has 1 saturated carbocycles. The van der Waals surface area contributed by atoms with Crippen LogP contribution in [-0.4, -0.2) is 51.3 Å². The van der Waals surface area contributed by atoms with Crippen LogP contribution in [0.4, 0.5) is 0 Å². The Balaban J connectivity index is 1.61. The van der Waals surface area contributed by atoms with Crippen LogP contribution in [0, 0.1) is 0 Å². The first kappa shape index (κ1) is 12.0. The lowest BCUT2D eigenvalue weighted by Crippen LogP contribution is -2.33. The highest BCUT2D eigenvalue weighted by molar-refractivity contribution is 4.91. The topological polar surface area (TPSA) is 58.9 Å². The smallest absolute Gasteiger partial charge is 0.165 e. The summed E-state index contributed by atoms with van der Waals surface area (Å²) < 4.78 is 2.02. The second kappa shape index (κ2) is 5.32. The zero-order valence-corrected chi connectivity index (χ0v) is 11.0. The van der Waals surface area contributed by atoms with Gasteiger partial charge in [0.15, 0.2) is 5.82 Å². The van der Waals surface area contributed by atoms with Gasteiger partial charge >= 0.3 is 0 Å². The van der Waals surface area contributed by atoms with Crippen LogP contribution < -0.4 is 5.32 Å². The van der Waals surface area contributed by atoms with E-state index in [2.05, 4.69) is 32.8 Å². The summed E-state index contributed by atoms with van der Waals surface area (Å²) in [6.07, 6.45) is 6.22. The highest BCUT2D eigenvalue weighted by Gasteiger charge is 2.28. The van der Waals surface area contributed by atoms with Gasteiger partial charge in [-0.1, -0.05) is 0 Å². The molecule has 1 aliphatic heterocycles. The van der Waals surface area contributed by atoms with Gasteiger partial charge in [0.2, 0.25) is 0 Å². The van der Waals surface area contributed by atoms with Gasteiger partial charge in [-0.05, 0) is 62.7 Å². The van der Waals surface area contributed by atoms with Crippen molar-refractivity contribution in [3.8, 4) is 0 Å². The summed E-state index contributed by atoms with van der Waals surface area (Å²) in [6, 6.07) is 1.23. The van der Waals surface area contributed by atoms with Gasteiger partial charge in [-0.25, -0.2) is 4.68 Å². The summed E-state index contributed by atoms with van der Waals surface area (Å²) >= 11 is 0. The van der Waals surface area contributed by atoms with Crippen LogP contribution in [0.3, 0.4) is 0 Å². The van der Waals surface area contributed by atoms with E-state index in [-0.39, 0.29) is 0 Å². The predicted molar refractivity (Wildman–Crippen MR) is 68.1 cm³/mol. The molecular formula is C12H22N6. The molecule has 2 fully saturated rings. The minimum Gasteiger partial charge on any atom is -0.317 e. The van der Waals surface area contributed by atoms with Gasteiger partial charge < -0.3 is 5.32 Å². The van der Waals surface area contributed by atoms with Crippen LogP contribution >= 0.6 is 0 Å². The predicted octanol–water partition coefficient (Wildman–Crippen LogP) is 0.582. The molecule has 6 heteroatoms. The Morgan fingerprint density at radius 1 is 1.28 bits per heavy atom. The Hall–Kier alpha value is -1.01. The van der Waals surface area contributed by atoms with Gasteiger partial charge in [0, 0.05) is 6.04 Å². The van der Waals surface area contributed by atoms with E-state index in [9.17, 15) is 0 Å². The largest absolute Gasteiger partial charge is 0.317 e. The molecule has 0 bridgehead atoms. The minimum absolute atomic E-state index is 0.569. The second-order valence-electron chi connectivity index (χ2n) is 5.52. The number of aromatic nitrogens is 4. The molecule has 1 atom stereocenters. The third-order valence-electron chi connectivity index (χ3n) is 4.01. The van der Waals surface area contributed by atoms with Gasteiger partial charge in [0.05, 0.1) is 12.6 Å². The van der Waals surface area contributed by atoms with E-state index in [1.165, 1.54) is 32.1 Å². The number of hydrogen-bond acceptors (Lipinski definition) is 5. The maximum atomic E-state index is 4.18. The van der Waals surface area contributed by atoms with E-state index in [0.717, 1.165) is 25.5 Å². The molecule has 0 radical (unpaired) electrons. The molecule has 0 spiro atoms. The van der Waals surface area contributed by atoms with Gasteiger partial charge in [-0.3, -0.25) is 4.90 Å². The number of hydrogen-bond donors (Lipinski definition) is 1. The maximum Gasteiger partial charge on any atom is 0.165 e.